The Kier molecular flexibility index (Phi) is 4.48. The van der Waals surface area contributed by atoms with Crippen LogP contribution in [0.3, 0.4) is 0 Å². The van der Waals surface area contributed by atoms with Gasteiger partial charge in [-0.2, -0.15) is 11.3 Å². The highest BCUT2D eigenvalue weighted by Gasteiger charge is 2.06. The summed E-state index contributed by atoms with van der Waals surface area (Å²) in [6.07, 6.45) is 2.62. The van der Waals surface area contributed by atoms with E-state index in [2.05, 4.69) is 5.32 Å². The maximum absolute atomic E-state index is 11.7. The molecule has 0 fully saturated rings. The van der Waals surface area contributed by atoms with Gasteiger partial charge in [-0.3, -0.25) is 4.79 Å². The Labute approximate surface area is 118 Å². The predicted octanol–water partition coefficient (Wildman–Crippen LogP) is 2.84. The number of thiophene rings is 2. The molecule has 2 aromatic rings. The molecule has 4 nitrogen and oxygen atoms in total. The van der Waals surface area contributed by atoms with Gasteiger partial charge in [-0.1, -0.05) is 0 Å². The van der Waals surface area contributed by atoms with Gasteiger partial charge < -0.3 is 10.4 Å². The van der Waals surface area contributed by atoms with Crippen molar-refractivity contribution in [1.29, 1.82) is 0 Å². The van der Waals surface area contributed by atoms with Crippen LogP contribution < -0.4 is 5.32 Å². The molecular formula is C13H11NO3S2. The third-order valence-electron chi connectivity index (χ3n) is 2.30. The second-order valence-electron chi connectivity index (χ2n) is 3.71. The molecule has 0 aliphatic heterocycles. The minimum atomic E-state index is -0.974. The molecule has 2 aromatic heterocycles. The first-order valence-electron chi connectivity index (χ1n) is 5.44. The van der Waals surface area contributed by atoms with E-state index in [-0.39, 0.29) is 5.91 Å². The molecule has 98 valence electrons. The lowest BCUT2D eigenvalue weighted by Crippen LogP contribution is -2.21. The third-order valence-corrected chi connectivity index (χ3v) is 3.94. The summed E-state index contributed by atoms with van der Waals surface area (Å²) in [5.74, 6) is -1.07. The van der Waals surface area contributed by atoms with Crippen LogP contribution in [0.2, 0.25) is 0 Å². The highest BCUT2D eigenvalue weighted by atomic mass is 32.1. The van der Waals surface area contributed by atoms with Crippen LogP contribution in [-0.4, -0.2) is 17.0 Å². The summed E-state index contributed by atoms with van der Waals surface area (Å²) >= 11 is 2.96. The molecule has 0 atom stereocenters. The van der Waals surface area contributed by atoms with Crippen molar-refractivity contribution in [2.75, 3.05) is 0 Å². The van der Waals surface area contributed by atoms with E-state index in [1.54, 1.807) is 11.4 Å². The molecule has 6 heteroatoms. The number of amides is 1. The lowest BCUT2D eigenvalue weighted by Gasteiger charge is -2.00. The van der Waals surface area contributed by atoms with E-state index < -0.39 is 5.97 Å². The Morgan fingerprint density at radius 3 is 2.89 bits per heavy atom. The van der Waals surface area contributed by atoms with Crippen LogP contribution in [0.1, 0.15) is 20.8 Å². The smallest absolute Gasteiger partial charge is 0.328 e. The first kappa shape index (κ1) is 13.5. The number of rotatable bonds is 5. The Morgan fingerprint density at radius 2 is 2.21 bits per heavy atom. The van der Waals surface area contributed by atoms with Crippen molar-refractivity contribution in [2.24, 2.45) is 0 Å². The molecule has 0 saturated carbocycles. The summed E-state index contributed by atoms with van der Waals surface area (Å²) < 4.78 is 0. The second-order valence-corrected chi connectivity index (χ2v) is 5.49. The molecule has 0 aliphatic rings. The van der Waals surface area contributed by atoms with Crippen molar-refractivity contribution in [3.8, 4) is 0 Å². The molecule has 2 N–H and O–H groups in total. The zero-order valence-corrected chi connectivity index (χ0v) is 11.5. The molecule has 0 unspecified atom stereocenters. The van der Waals surface area contributed by atoms with Gasteiger partial charge in [0.05, 0.1) is 6.54 Å². The zero-order valence-electron chi connectivity index (χ0n) is 9.83. The summed E-state index contributed by atoms with van der Waals surface area (Å²) in [4.78, 5) is 23.1. The van der Waals surface area contributed by atoms with Gasteiger partial charge in [0.25, 0.3) is 5.91 Å². The molecule has 0 spiro atoms. The van der Waals surface area contributed by atoms with E-state index in [4.69, 9.17) is 5.11 Å². The number of hydrogen-bond donors (Lipinski definition) is 2. The van der Waals surface area contributed by atoms with Gasteiger partial charge >= 0.3 is 5.97 Å². The molecule has 0 saturated heterocycles. The summed E-state index contributed by atoms with van der Waals surface area (Å²) in [7, 11) is 0. The van der Waals surface area contributed by atoms with Crippen LogP contribution in [0.4, 0.5) is 0 Å². The van der Waals surface area contributed by atoms with Gasteiger partial charge in [0.1, 0.15) is 0 Å². The van der Waals surface area contributed by atoms with E-state index in [1.807, 2.05) is 16.8 Å². The van der Waals surface area contributed by atoms with Crippen LogP contribution >= 0.6 is 22.7 Å². The van der Waals surface area contributed by atoms with Crippen LogP contribution in [0.25, 0.3) is 6.08 Å². The first-order valence-corrected chi connectivity index (χ1v) is 7.26. The fraction of sp³-hybridized carbons (Fsp3) is 0.0769. The van der Waals surface area contributed by atoms with E-state index in [1.165, 1.54) is 28.7 Å². The zero-order chi connectivity index (χ0) is 13.7. The van der Waals surface area contributed by atoms with Crippen LogP contribution in [-0.2, 0) is 11.3 Å². The normalized spacial score (nSPS) is 10.7. The monoisotopic (exact) mass is 293 g/mol. The fourth-order valence-corrected chi connectivity index (χ4v) is 2.84. The van der Waals surface area contributed by atoms with E-state index in [0.717, 1.165) is 16.5 Å². The standard InChI is InChI=1S/C13H11NO3S2/c15-12(16)2-1-9-5-11(19-7-9)6-14-13(17)10-3-4-18-8-10/h1-5,7-8H,6H2,(H,14,17)(H,15,16). The molecular weight excluding hydrogens is 282 g/mol. The number of hydrogen-bond acceptors (Lipinski definition) is 4. The summed E-state index contributed by atoms with van der Waals surface area (Å²) in [6.45, 7) is 0.445. The van der Waals surface area contributed by atoms with Crippen molar-refractivity contribution < 1.29 is 14.7 Å². The molecule has 2 rings (SSSR count). The minimum Gasteiger partial charge on any atom is -0.478 e. The summed E-state index contributed by atoms with van der Waals surface area (Å²) in [6, 6.07) is 3.63. The number of carbonyl (C=O) groups is 2. The van der Waals surface area contributed by atoms with Crippen LogP contribution in [0.5, 0.6) is 0 Å². The van der Waals surface area contributed by atoms with Gasteiger partial charge in [-0.25, -0.2) is 4.79 Å². The molecule has 0 aromatic carbocycles. The Morgan fingerprint density at radius 1 is 1.37 bits per heavy atom. The maximum Gasteiger partial charge on any atom is 0.328 e. The van der Waals surface area contributed by atoms with Crippen molar-refractivity contribution in [2.45, 2.75) is 6.54 Å². The Hall–Kier alpha value is -1.92. The Balaban J connectivity index is 1.90. The number of carboxylic acid groups (broad SMARTS) is 1. The van der Waals surface area contributed by atoms with Gasteiger partial charge in [-0.05, 0) is 34.5 Å². The van der Waals surface area contributed by atoms with Crippen molar-refractivity contribution in [3.63, 3.8) is 0 Å². The van der Waals surface area contributed by atoms with E-state index >= 15 is 0 Å². The lowest BCUT2D eigenvalue weighted by atomic mass is 10.2. The van der Waals surface area contributed by atoms with E-state index in [0.29, 0.717) is 12.1 Å². The van der Waals surface area contributed by atoms with Gasteiger partial charge in [0, 0.05) is 21.9 Å². The maximum atomic E-state index is 11.7. The molecule has 0 radical (unpaired) electrons. The topological polar surface area (TPSA) is 66.4 Å². The number of nitrogens with one attached hydrogen (secondary N) is 1. The van der Waals surface area contributed by atoms with Crippen molar-refractivity contribution >= 4 is 40.6 Å². The van der Waals surface area contributed by atoms with Crippen molar-refractivity contribution in [3.05, 3.63) is 50.4 Å². The summed E-state index contributed by atoms with van der Waals surface area (Å²) in [5, 5.41) is 16.8. The van der Waals surface area contributed by atoms with Gasteiger partial charge in [0.2, 0.25) is 0 Å². The molecule has 0 aliphatic carbocycles. The third kappa shape index (κ3) is 4.04. The van der Waals surface area contributed by atoms with E-state index in [9.17, 15) is 9.59 Å². The number of carbonyl (C=O) groups excluding carboxylic acids is 1. The fourth-order valence-electron chi connectivity index (χ4n) is 1.41. The lowest BCUT2D eigenvalue weighted by molar-refractivity contribution is -0.131. The second kappa shape index (κ2) is 6.31. The molecule has 1 amide bonds. The average molecular weight is 293 g/mol. The number of carboxylic acids is 1. The highest BCUT2D eigenvalue weighted by molar-refractivity contribution is 7.10. The first-order chi connectivity index (χ1) is 9.15. The van der Waals surface area contributed by atoms with Gasteiger partial charge in [-0.15, -0.1) is 11.3 Å². The van der Waals surface area contributed by atoms with Gasteiger partial charge in [0.15, 0.2) is 0 Å². The predicted molar refractivity (Wildman–Crippen MR) is 76.5 cm³/mol. The quantitative estimate of drug-likeness (QED) is 0.833. The largest absolute Gasteiger partial charge is 0.478 e. The summed E-state index contributed by atoms with van der Waals surface area (Å²) in [5.41, 5.74) is 1.49. The van der Waals surface area contributed by atoms with Crippen molar-refractivity contribution in [1.82, 2.24) is 5.32 Å². The number of aliphatic carboxylic acids is 1. The average Bonchev–Trinajstić information content (AvgIpc) is 3.04. The molecule has 19 heavy (non-hydrogen) atoms. The Bertz CT molecular complexity index is 599. The molecule has 0 bridgehead atoms. The highest BCUT2D eigenvalue weighted by Crippen LogP contribution is 2.16. The molecule has 2 heterocycles. The van der Waals surface area contributed by atoms with Crippen LogP contribution in [0, 0.1) is 0 Å². The minimum absolute atomic E-state index is 0.0997. The van der Waals surface area contributed by atoms with Crippen LogP contribution in [0.15, 0.2) is 34.3 Å². The SMILES string of the molecule is O=C(O)C=Cc1csc(CNC(=O)c2ccsc2)c1.